The first kappa shape index (κ1) is 14.2. The van der Waals surface area contributed by atoms with Crippen molar-refractivity contribution in [3.63, 3.8) is 0 Å². The maximum Gasteiger partial charge on any atom is 0.131 e. The van der Waals surface area contributed by atoms with E-state index in [2.05, 4.69) is 15.9 Å². The van der Waals surface area contributed by atoms with Gasteiger partial charge in [-0.15, -0.1) is 0 Å². The molecule has 3 heteroatoms. The second-order valence-electron chi connectivity index (χ2n) is 5.14. The Kier molecular flexibility index (Phi) is 3.79. The summed E-state index contributed by atoms with van der Waals surface area (Å²) >= 11 is 3.60. The fraction of sp³-hybridized carbons (Fsp3) is 0.111. The van der Waals surface area contributed by atoms with E-state index < -0.39 is 0 Å². The van der Waals surface area contributed by atoms with Gasteiger partial charge in [0.05, 0.1) is 6.04 Å². The maximum absolute atomic E-state index is 13.9. The first-order valence-electron chi connectivity index (χ1n) is 6.77. The lowest BCUT2D eigenvalue weighted by Gasteiger charge is -2.18. The predicted molar refractivity (Wildman–Crippen MR) is 88.8 cm³/mol. The molecule has 0 spiro atoms. The van der Waals surface area contributed by atoms with Gasteiger partial charge in [0, 0.05) is 9.86 Å². The van der Waals surface area contributed by atoms with Crippen LogP contribution >= 0.6 is 15.9 Å². The SMILES string of the molecule is Cc1cccc(C(N)c2ccc(F)c3ccccc23)c1Br. The number of rotatable bonds is 2. The summed E-state index contributed by atoms with van der Waals surface area (Å²) in [6.45, 7) is 2.03. The Hall–Kier alpha value is -1.71. The summed E-state index contributed by atoms with van der Waals surface area (Å²) in [6.07, 6.45) is 0. The minimum atomic E-state index is -0.301. The van der Waals surface area contributed by atoms with E-state index >= 15 is 0 Å². The molecule has 0 fully saturated rings. The topological polar surface area (TPSA) is 26.0 Å². The van der Waals surface area contributed by atoms with Crippen molar-refractivity contribution in [2.24, 2.45) is 5.73 Å². The van der Waals surface area contributed by atoms with E-state index in [-0.39, 0.29) is 11.9 Å². The predicted octanol–water partition coefficient (Wildman–Crippen LogP) is 5.10. The normalized spacial score (nSPS) is 12.6. The number of nitrogens with two attached hydrogens (primary N) is 1. The molecule has 1 nitrogen and oxygen atoms in total. The summed E-state index contributed by atoms with van der Waals surface area (Å²) in [5.74, 6) is -0.218. The van der Waals surface area contributed by atoms with Gasteiger partial charge in [-0.1, -0.05) is 64.5 Å². The molecule has 106 valence electrons. The molecule has 0 aliphatic rings. The van der Waals surface area contributed by atoms with Gasteiger partial charge in [0.2, 0.25) is 0 Å². The summed E-state index contributed by atoms with van der Waals surface area (Å²) in [7, 11) is 0. The molecule has 0 heterocycles. The van der Waals surface area contributed by atoms with E-state index in [1.807, 2.05) is 43.3 Å². The molecule has 21 heavy (non-hydrogen) atoms. The number of hydrogen-bond acceptors (Lipinski definition) is 1. The van der Waals surface area contributed by atoms with Gasteiger partial charge >= 0.3 is 0 Å². The van der Waals surface area contributed by atoms with Crippen LogP contribution in [0.5, 0.6) is 0 Å². The van der Waals surface area contributed by atoms with Crippen LogP contribution in [0.4, 0.5) is 4.39 Å². The molecule has 2 N–H and O–H groups in total. The Morgan fingerprint density at radius 3 is 2.38 bits per heavy atom. The van der Waals surface area contributed by atoms with Crippen molar-refractivity contribution in [2.75, 3.05) is 0 Å². The Morgan fingerprint density at radius 2 is 1.62 bits per heavy atom. The zero-order chi connectivity index (χ0) is 15.0. The van der Waals surface area contributed by atoms with Crippen molar-refractivity contribution in [3.05, 3.63) is 81.6 Å². The van der Waals surface area contributed by atoms with Crippen LogP contribution in [0.25, 0.3) is 10.8 Å². The van der Waals surface area contributed by atoms with E-state index in [0.29, 0.717) is 5.39 Å². The third kappa shape index (κ3) is 2.47. The lowest BCUT2D eigenvalue weighted by Crippen LogP contribution is -2.13. The van der Waals surface area contributed by atoms with Crippen LogP contribution in [0.2, 0.25) is 0 Å². The molecular weight excluding hydrogens is 329 g/mol. The lowest BCUT2D eigenvalue weighted by molar-refractivity contribution is 0.639. The largest absolute Gasteiger partial charge is 0.320 e. The molecule has 1 unspecified atom stereocenters. The smallest absolute Gasteiger partial charge is 0.131 e. The fourth-order valence-electron chi connectivity index (χ4n) is 2.63. The zero-order valence-electron chi connectivity index (χ0n) is 11.6. The third-order valence-corrected chi connectivity index (χ3v) is 4.88. The van der Waals surface area contributed by atoms with Crippen LogP contribution in [-0.2, 0) is 0 Å². The molecule has 1 atom stereocenters. The first-order valence-corrected chi connectivity index (χ1v) is 7.56. The van der Waals surface area contributed by atoms with Crippen LogP contribution < -0.4 is 5.73 Å². The van der Waals surface area contributed by atoms with E-state index in [1.165, 1.54) is 6.07 Å². The highest BCUT2D eigenvalue weighted by Gasteiger charge is 2.16. The molecule has 0 aromatic heterocycles. The van der Waals surface area contributed by atoms with E-state index in [1.54, 1.807) is 12.1 Å². The number of fused-ring (bicyclic) bond motifs is 1. The van der Waals surface area contributed by atoms with E-state index in [0.717, 1.165) is 26.5 Å². The van der Waals surface area contributed by atoms with Crippen molar-refractivity contribution < 1.29 is 4.39 Å². The van der Waals surface area contributed by atoms with Crippen molar-refractivity contribution in [3.8, 4) is 0 Å². The molecule has 0 aliphatic heterocycles. The molecular formula is C18H15BrFN. The van der Waals surface area contributed by atoms with Gasteiger partial charge in [0.25, 0.3) is 0 Å². The Morgan fingerprint density at radius 1 is 0.905 bits per heavy atom. The van der Waals surface area contributed by atoms with Gasteiger partial charge in [0.1, 0.15) is 5.82 Å². The zero-order valence-corrected chi connectivity index (χ0v) is 13.2. The van der Waals surface area contributed by atoms with Gasteiger partial charge in [-0.3, -0.25) is 0 Å². The molecule has 0 saturated carbocycles. The molecule has 3 aromatic rings. The first-order chi connectivity index (χ1) is 10.1. The van der Waals surface area contributed by atoms with Crippen molar-refractivity contribution in [1.82, 2.24) is 0 Å². The average Bonchev–Trinajstić information content (AvgIpc) is 2.50. The van der Waals surface area contributed by atoms with Gasteiger partial charge < -0.3 is 5.73 Å². The van der Waals surface area contributed by atoms with Crippen molar-refractivity contribution in [1.29, 1.82) is 0 Å². The molecule has 3 aromatic carbocycles. The number of benzene rings is 3. The summed E-state index contributed by atoms with van der Waals surface area (Å²) in [6, 6.07) is 16.4. The summed E-state index contributed by atoms with van der Waals surface area (Å²) in [4.78, 5) is 0. The van der Waals surface area contributed by atoms with Gasteiger partial charge in [-0.2, -0.15) is 0 Å². The quantitative estimate of drug-likeness (QED) is 0.688. The number of halogens is 2. The van der Waals surface area contributed by atoms with Crippen molar-refractivity contribution in [2.45, 2.75) is 13.0 Å². The Bertz CT molecular complexity index is 813. The van der Waals surface area contributed by atoms with Crippen LogP contribution in [0.3, 0.4) is 0 Å². The Balaban J connectivity index is 2.21. The van der Waals surface area contributed by atoms with Crippen molar-refractivity contribution >= 4 is 26.7 Å². The van der Waals surface area contributed by atoms with Crippen LogP contribution in [-0.4, -0.2) is 0 Å². The fourth-order valence-corrected chi connectivity index (χ4v) is 3.15. The van der Waals surface area contributed by atoms with Gasteiger partial charge in [-0.25, -0.2) is 4.39 Å². The van der Waals surface area contributed by atoms with Gasteiger partial charge in [-0.05, 0) is 35.1 Å². The van der Waals surface area contributed by atoms with Crippen LogP contribution in [0, 0.1) is 12.7 Å². The summed E-state index contributed by atoms with van der Waals surface area (Å²) in [5, 5.41) is 1.47. The second-order valence-corrected chi connectivity index (χ2v) is 5.93. The van der Waals surface area contributed by atoms with Gasteiger partial charge in [0.15, 0.2) is 0 Å². The highest BCUT2D eigenvalue weighted by Crippen LogP contribution is 2.33. The number of hydrogen-bond donors (Lipinski definition) is 1. The minimum Gasteiger partial charge on any atom is -0.320 e. The summed E-state index contributed by atoms with van der Waals surface area (Å²) < 4.78 is 14.9. The highest BCUT2D eigenvalue weighted by atomic mass is 79.9. The number of aryl methyl sites for hydroxylation is 1. The highest BCUT2D eigenvalue weighted by molar-refractivity contribution is 9.10. The van der Waals surface area contributed by atoms with Crippen LogP contribution in [0.15, 0.2) is 59.1 Å². The molecule has 0 radical (unpaired) electrons. The molecule has 3 rings (SSSR count). The molecule has 0 amide bonds. The molecule has 0 saturated heterocycles. The Labute approximate surface area is 131 Å². The third-order valence-electron chi connectivity index (χ3n) is 3.80. The van der Waals surface area contributed by atoms with Crippen LogP contribution in [0.1, 0.15) is 22.7 Å². The standard InChI is InChI=1S/C18H15BrFN/c1-11-5-4-8-15(17(11)19)18(21)14-9-10-16(20)13-7-3-2-6-12(13)14/h2-10,18H,21H2,1H3. The minimum absolute atomic E-state index is 0.218. The lowest BCUT2D eigenvalue weighted by atomic mass is 9.93. The average molecular weight is 344 g/mol. The second kappa shape index (κ2) is 5.58. The monoisotopic (exact) mass is 343 g/mol. The molecule has 0 bridgehead atoms. The molecule has 0 aliphatic carbocycles. The van der Waals surface area contributed by atoms with E-state index in [9.17, 15) is 4.39 Å². The van der Waals surface area contributed by atoms with E-state index in [4.69, 9.17) is 5.73 Å². The maximum atomic E-state index is 13.9. The summed E-state index contributed by atoms with van der Waals surface area (Å²) in [5.41, 5.74) is 9.52.